The maximum absolute atomic E-state index is 12.8. The van der Waals surface area contributed by atoms with Crippen LogP contribution in [-0.4, -0.2) is 16.9 Å². The number of hydrogen-bond donors (Lipinski definition) is 1. The molecule has 1 N–H and O–H groups in total. The average Bonchev–Trinajstić information content (AvgIpc) is 2.55. The van der Waals surface area contributed by atoms with E-state index in [0.29, 0.717) is 6.42 Å². The van der Waals surface area contributed by atoms with Crippen molar-refractivity contribution in [2.75, 3.05) is 0 Å². The van der Waals surface area contributed by atoms with Crippen LogP contribution >= 0.6 is 0 Å². The molecule has 2 atom stereocenters. The minimum atomic E-state index is -0.347. The Hall–Kier alpha value is -1.45. The summed E-state index contributed by atoms with van der Waals surface area (Å²) in [5, 5.41) is 2.90. The predicted molar refractivity (Wildman–Crippen MR) is 58.4 cm³/mol. The molecule has 1 aromatic rings. The molecule has 0 bridgehead atoms. The minimum Gasteiger partial charge on any atom is -0.353 e. The number of halogens is 1. The van der Waals surface area contributed by atoms with E-state index >= 15 is 0 Å². The van der Waals surface area contributed by atoms with Crippen molar-refractivity contribution in [2.45, 2.75) is 38.1 Å². The smallest absolute Gasteiger partial charge is 0.221 e. The Morgan fingerprint density at radius 2 is 2.38 bits per heavy atom. The van der Waals surface area contributed by atoms with Gasteiger partial charge in [0.25, 0.3) is 0 Å². The van der Waals surface area contributed by atoms with Crippen LogP contribution in [0.4, 0.5) is 4.39 Å². The van der Waals surface area contributed by atoms with E-state index in [0.717, 1.165) is 12.1 Å². The van der Waals surface area contributed by atoms with Crippen molar-refractivity contribution in [1.29, 1.82) is 0 Å². The van der Waals surface area contributed by atoms with Gasteiger partial charge in [-0.05, 0) is 25.5 Å². The zero-order valence-electron chi connectivity index (χ0n) is 9.46. The number of hydrogen-bond acceptors (Lipinski definition) is 2. The first kappa shape index (κ1) is 11.0. The van der Waals surface area contributed by atoms with Crippen LogP contribution in [0.15, 0.2) is 18.3 Å². The molecule has 1 saturated heterocycles. The van der Waals surface area contributed by atoms with Gasteiger partial charge in [0, 0.05) is 23.6 Å². The molecular weight excluding hydrogens is 207 g/mol. The van der Waals surface area contributed by atoms with E-state index in [9.17, 15) is 9.18 Å². The molecule has 0 saturated carbocycles. The Morgan fingerprint density at radius 1 is 1.62 bits per heavy atom. The van der Waals surface area contributed by atoms with E-state index in [1.807, 2.05) is 13.8 Å². The van der Waals surface area contributed by atoms with Crippen molar-refractivity contribution in [3.63, 3.8) is 0 Å². The number of carbonyl (C=O) groups excluding carboxylic acids is 1. The fraction of sp³-hybridized carbons (Fsp3) is 0.500. The highest BCUT2D eigenvalue weighted by molar-refractivity contribution is 5.81. The fourth-order valence-corrected chi connectivity index (χ4v) is 2.47. The van der Waals surface area contributed by atoms with Gasteiger partial charge in [0.1, 0.15) is 5.82 Å². The number of amides is 1. The predicted octanol–water partition coefficient (Wildman–Crippen LogP) is 1.78. The second kappa shape index (κ2) is 3.85. The summed E-state index contributed by atoms with van der Waals surface area (Å²) in [6, 6.07) is 3.12. The summed E-state index contributed by atoms with van der Waals surface area (Å²) in [7, 11) is 0. The van der Waals surface area contributed by atoms with Crippen molar-refractivity contribution >= 4 is 5.91 Å². The van der Waals surface area contributed by atoms with Gasteiger partial charge in [-0.25, -0.2) is 4.39 Å². The zero-order valence-corrected chi connectivity index (χ0v) is 9.46. The third-order valence-electron chi connectivity index (χ3n) is 3.55. The van der Waals surface area contributed by atoms with Crippen LogP contribution < -0.4 is 5.32 Å². The average molecular weight is 222 g/mol. The van der Waals surface area contributed by atoms with Crippen molar-refractivity contribution in [2.24, 2.45) is 0 Å². The standard InChI is InChI=1S/C12H15FN2O/c1-3-12(6-11(16)15-8(12)2)10-5-4-9(13)7-14-10/h4-5,7-8H,3,6H2,1-2H3,(H,15,16). The van der Waals surface area contributed by atoms with Crippen LogP contribution in [0, 0.1) is 5.82 Å². The summed E-state index contributed by atoms with van der Waals surface area (Å²) >= 11 is 0. The molecule has 2 unspecified atom stereocenters. The molecule has 1 amide bonds. The van der Waals surface area contributed by atoms with Crippen molar-refractivity contribution in [3.8, 4) is 0 Å². The first-order valence-corrected chi connectivity index (χ1v) is 5.50. The lowest BCUT2D eigenvalue weighted by Gasteiger charge is -2.30. The molecule has 86 valence electrons. The largest absolute Gasteiger partial charge is 0.353 e. The summed E-state index contributed by atoms with van der Waals surface area (Å²) in [5.74, 6) is -0.305. The van der Waals surface area contributed by atoms with Crippen LogP contribution in [0.25, 0.3) is 0 Å². The molecule has 0 radical (unpaired) electrons. The van der Waals surface area contributed by atoms with Gasteiger partial charge < -0.3 is 5.32 Å². The van der Waals surface area contributed by atoms with Gasteiger partial charge in [-0.2, -0.15) is 0 Å². The maximum Gasteiger partial charge on any atom is 0.221 e. The summed E-state index contributed by atoms with van der Waals surface area (Å²) in [5.41, 5.74) is 0.507. The van der Waals surface area contributed by atoms with E-state index < -0.39 is 0 Å². The third-order valence-corrected chi connectivity index (χ3v) is 3.55. The fourth-order valence-electron chi connectivity index (χ4n) is 2.47. The van der Waals surface area contributed by atoms with Gasteiger partial charge in [0.05, 0.1) is 6.20 Å². The summed E-state index contributed by atoms with van der Waals surface area (Å²) in [6.07, 6.45) is 2.46. The minimum absolute atomic E-state index is 0.0421. The number of rotatable bonds is 2. The van der Waals surface area contributed by atoms with E-state index in [1.54, 1.807) is 6.07 Å². The Labute approximate surface area is 94.1 Å². The number of nitrogens with one attached hydrogen (secondary N) is 1. The van der Waals surface area contributed by atoms with E-state index in [4.69, 9.17) is 0 Å². The first-order valence-electron chi connectivity index (χ1n) is 5.50. The first-order chi connectivity index (χ1) is 7.58. The molecule has 2 rings (SSSR count). The lowest BCUT2D eigenvalue weighted by Crippen LogP contribution is -2.38. The van der Waals surface area contributed by atoms with Gasteiger partial charge in [-0.3, -0.25) is 9.78 Å². The monoisotopic (exact) mass is 222 g/mol. The molecule has 0 spiro atoms. The molecule has 3 nitrogen and oxygen atoms in total. The SMILES string of the molecule is CCC1(c2ccc(F)cn2)CC(=O)NC1C. The van der Waals surface area contributed by atoms with E-state index in [1.165, 1.54) is 12.3 Å². The van der Waals surface area contributed by atoms with Crippen LogP contribution in [0.1, 0.15) is 32.4 Å². The summed E-state index contributed by atoms with van der Waals surface area (Å²) in [6.45, 7) is 4.00. The molecular formula is C12H15FN2O. The molecule has 16 heavy (non-hydrogen) atoms. The normalized spacial score (nSPS) is 29.2. The van der Waals surface area contributed by atoms with Crippen molar-refractivity contribution in [3.05, 3.63) is 29.8 Å². The number of nitrogens with zero attached hydrogens (tertiary/aromatic N) is 1. The lowest BCUT2D eigenvalue weighted by molar-refractivity contribution is -0.119. The lowest BCUT2D eigenvalue weighted by atomic mass is 9.75. The van der Waals surface area contributed by atoms with Crippen LogP contribution in [-0.2, 0) is 10.2 Å². The topological polar surface area (TPSA) is 42.0 Å². The second-order valence-corrected chi connectivity index (χ2v) is 4.34. The molecule has 1 aliphatic rings. The van der Waals surface area contributed by atoms with Crippen LogP contribution in [0.5, 0.6) is 0 Å². The number of carbonyl (C=O) groups is 1. The van der Waals surface area contributed by atoms with Gasteiger partial charge in [0.15, 0.2) is 0 Å². The number of aromatic nitrogens is 1. The highest BCUT2D eigenvalue weighted by atomic mass is 19.1. The Bertz CT molecular complexity index is 404. The van der Waals surface area contributed by atoms with E-state index in [2.05, 4.69) is 10.3 Å². The molecule has 1 fully saturated rings. The van der Waals surface area contributed by atoms with Crippen LogP contribution in [0.2, 0.25) is 0 Å². The highest BCUT2D eigenvalue weighted by Crippen LogP contribution is 2.37. The maximum atomic E-state index is 12.8. The molecule has 4 heteroatoms. The summed E-state index contributed by atoms with van der Waals surface area (Å²) in [4.78, 5) is 15.6. The van der Waals surface area contributed by atoms with Crippen molar-refractivity contribution < 1.29 is 9.18 Å². The van der Waals surface area contributed by atoms with Gasteiger partial charge >= 0.3 is 0 Å². The highest BCUT2D eigenvalue weighted by Gasteiger charge is 2.45. The third kappa shape index (κ3) is 1.58. The van der Waals surface area contributed by atoms with Gasteiger partial charge in [0.2, 0.25) is 5.91 Å². The number of pyridine rings is 1. The van der Waals surface area contributed by atoms with Crippen molar-refractivity contribution in [1.82, 2.24) is 10.3 Å². The Kier molecular flexibility index (Phi) is 2.66. The molecule has 1 aromatic heterocycles. The molecule has 0 aromatic carbocycles. The van der Waals surface area contributed by atoms with Gasteiger partial charge in [-0.15, -0.1) is 0 Å². The Balaban J connectivity index is 2.42. The molecule has 1 aliphatic heterocycles. The quantitative estimate of drug-likeness (QED) is 0.828. The van der Waals surface area contributed by atoms with Crippen LogP contribution in [0.3, 0.4) is 0 Å². The second-order valence-electron chi connectivity index (χ2n) is 4.34. The molecule has 2 heterocycles. The summed E-state index contributed by atoms with van der Waals surface area (Å²) < 4.78 is 12.8. The van der Waals surface area contributed by atoms with E-state index in [-0.39, 0.29) is 23.2 Å². The Morgan fingerprint density at radius 3 is 2.81 bits per heavy atom. The van der Waals surface area contributed by atoms with Gasteiger partial charge in [-0.1, -0.05) is 6.92 Å². The zero-order chi connectivity index (χ0) is 11.8. The molecule has 0 aliphatic carbocycles.